The first-order valence-electron chi connectivity index (χ1n) is 10.5. The molecule has 0 saturated heterocycles. The summed E-state index contributed by atoms with van der Waals surface area (Å²) >= 11 is 0. The maximum atomic E-state index is 6.16. The molecule has 0 bridgehead atoms. The number of rotatable bonds is 2. The fraction of sp³-hybridized carbons (Fsp3) is 0. The van der Waals surface area contributed by atoms with Crippen molar-refractivity contribution in [1.82, 2.24) is 4.98 Å². The topological polar surface area (TPSA) is 39.2 Å². The maximum absolute atomic E-state index is 6.16. The molecule has 3 nitrogen and oxygen atoms in total. The molecule has 159 valence electrons. The van der Waals surface area contributed by atoms with Gasteiger partial charge in [-0.15, -0.1) is 35.4 Å². The van der Waals surface area contributed by atoms with Crippen molar-refractivity contribution in [2.75, 3.05) is 0 Å². The molecule has 0 fully saturated rings. The Morgan fingerprint density at radius 2 is 1.30 bits per heavy atom. The number of benzene rings is 4. The van der Waals surface area contributed by atoms with E-state index < -0.39 is 0 Å². The van der Waals surface area contributed by atoms with Crippen LogP contribution in [-0.2, 0) is 20.1 Å². The largest absolute Gasteiger partial charge is 0.456 e. The third-order valence-corrected chi connectivity index (χ3v) is 6.04. The van der Waals surface area contributed by atoms with E-state index in [2.05, 4.69) is 47.4 Å². The molecule has 3 aromatic heterocycles. The molecule has 4 aromatic carbocycles. The van der Waals surface area contributed by atoms with Crippen LogP contribution >= 0.6 is 0 Å². The second-order valence-electron chi connectivity index (χ2n) is 7.96. The zero-order valence-corrected chi connectivity index (χ0v) is 19.7. The van der Waals surface area contributed by atoms with Gasteiger partial charge in [0, 0.05) is 53.9 Å². The van der Waals surface area contributed by atoms with Crippen LogP contribution in [0.25, 0.3) is 66.3 Å². The number of aromatic nitrogens is 1. The molecule has 0 atom stereocenters. The van der Waals surface area contributed by atoms with Crippen LogP contribution < -0.4 is 0 Å². The normalized spacial score (nSPS) is 11.4. The van der Waals surface area contributed by atoms with Gasteiger partial charge in [-0.3, -0.25) is 0 Å². The van der Waals surface area contributed by atoms with Crippen LogP contribution in [0.2, 0.25) is 0 Å². The van der Waals surface area contributed by atoms with E-state index in [-0.39, 0.29) is 20.1 Å². The first kappa shape index (κ1) is 19.9. The Morgan fingerprint density at radius 1 is 0.576 bits per heavy atom. The zero-order chi connectivity index (χ0) is 21.1. The van der Waals surface area contributed by atoms with Gasteiger partial charge in [0.1, 0.15) is 22.3 Å². The van der Waals surface area contributed by atoms with Gasteiger partial charge >= 0.3 is 0 Å². The molecule has 0 spiro atoms. The Balaban J connectivity index is 0.00000206. The quantitative estimate of drug-likeness (QED) is 0.188. The van der Waals surface area contributed by atoms with Crippen molar-refractivity contribution in [1.29, 1.82) is 0 Å². The molecule has 0 N–H and O–H groups in total. The van der Waals surface area contributed by atoms with Crippen LogP contribution in [0.4, 0.5) is 0 Å². The molecule has 0 unspecified atom stereocenters. The van der Waals surface area contributed by atoms with Gasteiger partial charge in [-0.1, -0.05) is 36.4 Å². The first-order chi connectivity index (χ1) is 15.8. The predicted octanol–water partition coefficient (Wildman–Crippen LogP) is 8.01. The molecular weight excluding hydrogens is 587 g/mol. The monoisotopic (exact) mass is 603 g/mol. The fourth-order valence-electron chi connectivity index (χ4n) is 4.49. The molecule has 0 aliphatic carbocycles. The minimum absolute atomic E-state index is 0. The van der Waals surface area contributed by atoms with E-state index in [4.69, 9.17) is 8.83 Å². The van der Waals surface area contributed by atoms with Crippen molar-refractivity contribution < 1.29 is 28.9 Å². The molecule has 3 heterocycles. The van der Waals surface area contributed by atoms with Gasteiger partial charge in [-0.2, -0.15) is 0 Å². The van der Waals surface area contributed by atoms with E-state index >= 15 is 0 Å². The second kappa shape index (κ2) is 7.70. The van der Waals surface area contributed by atoms with Gasteiger partial charge in [0.25, 0.3) is 0 Å². The molecule has 0 saturated carbocycles. The van der Waals surface area contributed by atoms with Gasteiger partial charge in [-0.25, -0.2) is 0 Å². The Bertz CT molecular complexity index is 1780. The standard InChI is InChI=1S/C29H16NO2.Ir/c1-2-10-26-21(8-1)23-16-24-22-15-19(11-12-27(22)32-29(24)17-28(23)31-26)18-6-5-7-20(14-18)25-9-3-4-13-30-25;/h1-6,8-17H;/q-1;. The van der Waals surface area contributed by atoms with E-state index in [1.807, 2.05) is 54.6 Å². The summed E-state index contributed by atoms with van der Waals surface area (Å²) in [5.74, 6) is 0. The average molecular weight is 603 g/mol. The molecular formula is C29H16IrNO2-. The Kier molecular flexibility index (Phi) is 4.65. The van der Waals surface area contributed by atoms with Crippen molar-refractivity contribution >= 4 is 43.9 Å². The fourth-order valence-corrected chi connectivity index (χ4v) is 4.49. The minimum atomic E-state index is 0. The van der Waals surface area contributed by atoms with Crippen molar-refractivity contribution in [3.05, 3.63) is 103 Å². The van der Waals surface area contributed by atoms with E-state index in [0.717, 1.165) is 66.3 Å². The van der Waals surface area contributed by atoms with Crippen LogP contribution in [0, 0.1) is 6.07 Å². The van der Waals surface area contributed by atoms with Crippen molar-refractivity contribution in [2.24, 2.45) is 0 Å². The molecule has 0 aliphatic heterocycles. The van der Waals surface area contributed by atoms with E-state index in [1.165, 1.54) is 0 Å². The summed E-state index contributed by atoms with van der Waals surface area (Å²) in [6.07, 6.45) is 1.81. The number of fused-ring (bicyclic) bond motifs is 6. The third kappa shape index (κ3) is 3.19. The molecule has 1 radical (unpaired) electrons. The Hall–Kier alpha value is -3.72. The molecule has 33 heavy (non-hydrogen) atoms. The van der Waals surface area contributed by atoms with Crippen LogP contribution in [0.15, 0.2) is 106 Å². The van der Waals surface area contributed by atoms with Crippen LogP contribution in [0.3, 0.4) is 0 Å². The van der Waals surface area contributed by atoms with E-state index in [9.17, 15) is 0 Å². The summed E-state index contributed by atoms with van der Waals surface area (Å²) in [6.45, 7) is 0. The van der Waals surface area contributed by atoms with Crippen LogP contribution in [0.5, 0.6) is 0 Å². The summed E-state index contributed by atoms with van der Waals surface area (Å²) in [7, 11) is 0. The SMILES string of the molecule is [Ir].[c-]1ccc(-c2ccc3oc4cc5oc6ccccc6c5cc4c3c2)cc1-c1ccccn1. The summed E-state index contributed by atoms with van der Waals surface area (Å²) < 4.78 is 12.2. The van der Waals surface area contributed by atoms with E-state index in [0.29, 0.717) is 0 Å². The number of furan rings is 2. The number of nitrogens with zero attached hydrogens (tertiary/aromatic N) is 1. The minimum Gasteiger partial charge on any atom is -0.456 e. The Labute approximate surface area is 203 Å². The van der Waals surface area contributed by atoms with E-state index in [1.54, 1.807) is 6.20 Å². The second-order valence-corrected chi connectivity index (χ2v) is 7.96. The Morgan fingerprint density at radius 3 is 2.15 bits per heavy atom. The third-order valence-electron chi connectivity index (χ3n) is 6.04. The number of hydrogen-bond donors (Lipinski definition) is 0. The van der Waals surface area contributed by atoms with Crippen LogP contribution in [-0.4, -0.2) is 4.98 Å². The molecule has 7 aromatic rings. The van der Waals surface area contributed by atoms with Gasteiger partial charge in [0.05, 0.1) is 0 Å². The molecule has 7 rings (SSSR count). The average Bonchev–Trinajstić information content (AvgIpc) is 3.40. The van der Waals surface area contributed by atoms with Gasteiger partial charge in [0.15, 0.2) is 0 Å². The summed E-state index contributed by atoms with van der Waals surface area (Å²) in [6, 6.07) is 34.0. The molecule has 0 aliphatic rings. The van der Waals surface area contributed by atoms with Crippen LogP contribution in [0.1, 0.15) is 0 Å². The summed E-state index contributed by atoms with van der Waals surface area (Å²) in [5.41, 5.74) is 7.58. The van der Waals surface area contributed by atoms with Gasteiger partial charge in [0.2, 0.25) is 0 Å². The number of pyridine rings is 1. The number of para-hydroxylation sites is 1. The van der Waals surface area contributed by atoms with Crippen molar-refractivity contribution in [3.8, 4) is 22.4 Å². The molecule has 4 heteroatoms. The molecule has 0 amide bonds. The summed E-state index contributed by atoms with van der Waals surface area (Å²) in [5, 5.41) is 4.41. The van der Waals surface area contributed by atoms with Gasteiger partial charge < -0.3 is 13.8 Å². The maximum Gasteiger partial charge on any atom is 0.139 e. The summed E-state index contributed by atoms with van der Waals surface area (Å²) in [4.78, 5) is 4.46. The predicted molar refractivity (Wildman–Crippen MR) is 129 cm³/mol. The smallest absolute Gasteiger partial charge is 0.139 e. The van der Waals surface area contributed by atoms with Crippen molar-refractivity contribution in [3.63, 3.8) is 0 Å². The van der Waals surface area contributed by atoms with Gasteiger partial charge in [-0.05, 0) is 41.6 Å². The first-order valence-corrected chi connectivity index (χ1v) is 10.5. The van der Waals surface area contributed by atoms with Crippen molar-refractivity contribution in [2.45, 2.75) is 0 Å². The zero-order valence-electron chi connectivity index (χ0n) is 17.3. The number of hydrogen-bond acceptors (Lipinski definition) is 3.